The largest absolute Gasteiger partial charge is 0.501 e. The van der Waals surface area contributed by atoms with Gasteiger partial charge in [0.05, 0.1) is 19.1 Å². The molecule has 0 bridgehead atoms. The Kier molecular flexibility index (Phi) is 7.14. The van der Waals surface area contributed by atoms with Crippen molar-refractivity contribution in [1.82, 2.24) is 0 Å². The zero-order valence-corrected chi connectivity index (χ0v) is 7.58. The Bertz CT molecular complexity index is 159. The third-order valence-corrected chi connectivity index (χ3v) is 1.38. The Balaban J connectivity index is 3.41. The maximum atomic E-state index is 4.97. The topological polar surface area (TPSA) is 18.5 Å². The fraction of sp³-hybridized carbons (Fsp3) is 0.400. The van der Waals surface area contributed by atoms with Crippen LogP contribution in [-0.2, 0) is 9.47 Å². The third kappa shape index (κ3) is 6.93. The average Bonchev–Trinajstić information content (AvgIpc) is 2.06. The third-order valence-electron chi connectivity index (χ3n) is 1.38. The molecule has 0 aromatic rings. The molecule has 0 rings (SSSR count). The first kappa shape index (κ1) is 10.8. The van der Waals surface area contributed by atoms with E-state index in [4.69, 9.17) is 9.47 Å². The Morgan fingerprint density at radius 2 is 1.92 bits per heavy atom. The van der Waals surface area contributed by atoms with Crippen molar-refractivity contribution in [3.8, 4) is 0 Å². The van der Waals surface area contributed by atoms with Gasteiger partial charge in [-0.05, 0) is 13.0 Å². The van der Waals surface area contributed by atoms with Gasteiger partial charge in [0.1, 0.15) is 6.61 Å². The average molecular weight is 168 g/mol. The van der Waals surface area contributed by atoms with Gasteiger partial charge in [0, 0.05) is 6.42 Å². The van der Waals surface area contributed by atoms with E-state index in [-0.39, 0.29) is 0 Å². The van der Waals surface area contributed by atoms with Crippen LogP contribution in [0.3, 0.4) is 0 Å². The van der Waals surface area contributed by atoms with Crippen molar-refractivity contribution in [2.45, 2.75) is 13.3 Å². The van der Waals surface area contributed by atoms with Crippen molar-refractivity contribution in [1.29, 1.82) is 0 Å². The first-order chi connectivity index (χ1) is 5.81. The van der Waals surface area contributed by atoms with Crippen LogP contribution in [0.4, 0.5) is 0 Å². The second-order valence-corrected chi connectivity index (χ2v) is 2.34. The molecule has 0 aliphatic carbocycles. The molecule has 0 aromatic carbocycles. The molecule has 0 N–H and O–H groups in total. The molecule has 12 heavy (non-hydrogen) atoms. The first-order valence-corrected chi connectivity index (χ1v) is 3.92. The van der Waals surface area contributed by atoms with Gasteiger partial charge in [0.2, 0.25) is 0 Å². The van der Waals surface area contributed by atoms with E-state index < -0.39 is 0 Å². The summed E-state index contributed by atoms with van der Waals surface area (Å²) in [6.45, 7) is 10.2. The van der Waals surface area contributed by atoms with Crippen molar-refractivity contribution in [2.24, 2.45) is 0 Å². The summed E-state index contributed by atoms with van der Waals surface area (Å²) in [6, 6.07) is 0. The van der Waals surface area contributed by atoms with Crippen LogP contribution in [0.5, 0.6) is 0 Å². The Morgan fingerprint density at radius 1 is 1.25 bits per heavy atom. The maximum Gasteiger partial charge on any atom is 0.106 e. The lowest BCUT2D eigenvalue weighted by atomic mass is 10.2. The predicted molar refractivity (Wildman–Crippen MR) is 50.7 cm³/mol. The van der Waals surface area contributed by atoms with E-state index in [9.17, 15) is 0 Å². The van der Waals surface area contributed by atoms with Gasteiger partial charge in [-0.15, -0.1) is 0 Å². The smallest absolute Gasteiger partial charge is 0.106 e. The quantitative estimate of drug-likeness (QED) is 0.330. The molecule has 68 valence electrons. The lowest BCUT2D eigenvalue weighted by Crippen LogP contribution is -1.90. The minimum absolute atomic E-state index is 0.587. The van der Waals surface area contributed by atoms with E-state index in [1.165, 1.54) is 18.1 Å². The summed E-state index contributed by atoms with van der Waals surface area (Å²) in [7, 11) is 0. The second-order valence-electron chi connectivity index (χ2n) is 2.34. The highest BCUT2D eigenvalue weighted by Gasteiger charge is 1.88. The molecule has 0 unspecified atom stereocenters. The van der Waals surface area contributed by atoms with Gasteiger partial charge < -0.3 is 9.47 Å². The Labute approximate surface area is 74.2 Å². The molecule has 0 fully saturated rings. The number of hydrogen-bond acceptors (Lipinski definition) is 2. The summed E-state index contributed by atoms with van der Waals surface area (Å²) in [6.07, 6.45) is 5.80. The van der Waals surface area contributed by atoms with Crippen LogP contribution in [0.1, 0.15) is 13.3 Å². The number of rotatable bonds is 7. The van der Waals surface area contributed by atoms with Gasteiger partial charge in [-0.3, -0.25) is 0 Å². The highest BCUT2D eigenvalue weighted by molar-refractivity contribution is 4.98. The van der Waals surface area contributed by atoms with Gasteiger partial charge in [-0.2, -0.15) is 0 Å². The van der Waals surface area contributed by atoms with Crippen molar-refractivity contribution in [3.63, 3.8) is 0 Å². The van der Waals surface area contributed by atoms with Crippen LogP contribution in [-0.4, -0.2) is 13.2 Å². The van der Waals surface area contributed by atoms with E-state index in [0.29, 0.717) is 13.2 Å². The minimum atomic E-state index is 0.587. The van der Waals surface area contributed by atoms with Crippen LogP contribution >= 0.6 is 0 Å². The predicted octanol–water partition coefficient (Wildman–Crippen LogP) is 2.64. The lowest BCUT2D eigenvalue weighted by molar-refractivity contribution is 0.253. The van der Waals surface area contributed by atoms with Crippen LogP contribution < -0.4 is 0 Å². The summed E-state index contributed by atoms with van der Waals surface area (Å²) < 4.78 is 9.91. The molecule has 2 nitrogen and oxygen atoms in total. The molecule has 0 aliphatic rings. The van der Waals surface area contributed by atoms with Gasteiger partial charge in [-0.1, -0.05) is 18.7 Å². The lowest BCUT2D eigenvalue weighted by Gasteiger charge is -2.01. The van der Waals surface area contributed by atoms with E-state index >= 15 is 0 Å². The van der Waals surface area contributed by atoms with Gasteiger partial charge in [0.25, 0.3) is 0 Å². The number of ether oxygens (including phenoxy) is 2. The normalized spacial score (nSPS) is 10.6. The SMILES string of the molecule is C=COCC=C(C)CCOC=C. The molecule has 0 atom stereocenters. The number of hydrogen-bond donors (Lipinski definition) is 0. The standard InChI is InChI=1S/C10H16O2/c1-4-11-8-6-10(3)7-9-12-5-2/h4-6H,1-2,7-9H2,3H3. The minimum Gasteiger partial charge on any atom is -0.501 e. The van der Waals surface area contributed by atoms with Gasteiger partial charge in [0.15, 0.2) is 0 Å². The molecule has 0 aromatic heterocycles. The van der Waals surface area contributed by atoms with Crippen molar-refractivity contribution < 1.29 is 9.47 Å². The molecule has 2 heteroatoms. The molecule has 0 heterocycles. The molecule has 0 radical (unpaired) electrons. The van der Waals surface area contributed by atoms with E-state index in [1.807, 2.05) is 13.0 Å². The van der Waals surface area contributed by atoms with Gasteiger partial charge >= 0.3 is 0 Å². The Morgan fingerprint density at radius 3 is 2.50 bits per heavy atom. The van der Waals surface area contributed by atoms with Crippen LogP contribution in [0.15, 0.2) is 37.3 Å². The van der Waals surface area contributed by atoms with Crippen LogP contribution in [0, 0.1) is 0 Å². The van der Waals surface area contributed by atoms with Gasteiger partial charge in [-0.25, -0.2) is 0 Å². The van der Waals surface area contributed by atoms with E-state index in [2.05, 4.69) is 13.2 Å². The summed E-state index contributed by atoms with van der Waals surface area (Å²) in [5.74, 6) is 0. The first-order valence-electron chi connectivity index (χ1n) is 3.92. The van der Waals surface area contributed by atoms with E-state index in [1.54, 1.807) is 0 Å². The fourth-order valence-electron chi connectivity index (χ4n) is 0.664. The molecular weight excluding hydrogens is 152 g/mol. The molecule has 0 saturated heterocycles. The summed E-state index contributed by atoms with van der Waals surface area (Å²) >= 11 is 0. The highest BCUT2D eigenvalue weighted by Crippen LogP contribution is 1.99. The molecular formula is C10H16O2. The van der Waals surface area contributed by atoms with Crippen LogP contribution in [0.2, 0.25) is 0 Å². The summed E-state index contributed by atoms with van der Waals surface area (Å²) in [5.41, 5.74) is 1.25. The van der Waals surface area contributed by atoms with Crippen molar-refractivity contribution in [2.75, 3.05) is 13.2 Å². The monoisotopic (exact) mass is 168 g/mol. The second kappa shape index (κ2) is 7.92. The molecule has 0 amide bonds. The van der Waals surface area contributed by atoms with Crippen molar-refractivity contribution >= 4 is 0 Å². The summed E-state index contributed by atoms with van der Waals surface area (Å²) in [5, 5.41) is 0. The fourth-order valence-corrected chi connectivity index (χ4v) is 0.664. The zero-order valence-electron chi connectivity index (χ0n) is 7.58. The zero-order chi connectivity index (χ0) is 9.23. The van der Waals surface area contributed by atoms with Crippen molar-refractivity contribution in [3.05, 3.63) is 37.3 Å². The molecule has 0 aliphatic heterocycles. The molecule has 0 spiro atoms. The Hall–Kier alpha value is -1.18. The highest BCUT2D eigenvalue weighted by atomic mass is 16.5. The maximum absolute atomic E-state index is 4.97. The summed E-state index contributed by atoms with van der Waals surface area (Å²) in [4.78, 5) is 0. The van der Waals surface area contributed by atoms with E-state index in [0.717, 1.165) is 6.42 Å². The molecule has 0 saturated carbocycles. The van der Waals surface area contributed by atoms with Crippen LogP contribution in [0.25, 0.3) is 0 Å².